The van der Waals surface area contributed by atoms with Crippen LogP contribution in [0.2, 0.25) is 5.02 Å². The van der Waals surface area contributed by atoms with Gasteiger partial charge in [-0.05, 0) is 31.2 Å². The molecule has 0 N–H and O–H groups in total. The summed E-state index contributed by atoms with van der Waals surface area (Å²) in [5.74, 6) is 0.660. The molecule has 3 nitrogen and oxygen atoms in total. The number of halogens is 1. The number of carbonyl (C=O) groups excluding carboxylic acids is 1. The van der Waals surface area contributed by atoms with Gasteiger partial charge in [0.25, 0.3) is 5.91 Å². The van der Waals surface area contributed by atoms with Gasteiger partial charge in [0.2, 0.25) is 0 Å². The van der Waals surface area contributed by atoms with E-state index < -0.39 is 0 Å². The molecule has 0 radical (unpaired) electrons. The summed E-state index contributed by atoms with van der Waals surface area (Å²) in [5.41, 5.74) is 0.834. The summed E-state index contributed by atoms with van der Waals surface area (Å²) in [6.07, 6.45) is 1.53. The van der Waals surface area contributed by atoms with Gasteiger partial charge in [-0.2, -0.15) is 0 Å². The molecule has 2 rings (SSSR count). The second-order valence-corrected chi connectivity index (χ2v) is 3.88. The van der Waals surface area contributed by atoms with Gasteiger partial charge in [-0.15, -0.1) is 0 Å². The van der Waals surface area contributed by atoms with Gasteiger partial charge < -0.3 is 9.64 Å². The van der Waals surface area contributed by atoms with Gasteiger partial charge in [-0.3, -0.25) is 4.79 Å². The highest BCUT2D eigenvalue weighted by atomic mass is 35.5. The van der Waals surface area contributed by atoms with Crippen molar-refractivity contribution in [3.8, 4) is 0 Å². The standard InChI is InChI=1S/C12H12ClNO2/c1-2-16-11-7-12(15)14(8-11)10-5-3-9(13)4-6-10/h3-7H,2,8H2,1H3. The Morgan fingerprint density at radius 2 is 2.06 bits per heavy atom. The quantitative estimate of drug-likeness (QED) is 0.809. The number of rotatable bonds is 3. The highest BCUT2D eigenvalue weighted by molar-refractivity contribution is 6.30. The molecule has 0 fully saturated rings. The summed E-state index contributed by atoms with van der Waals surface area (Å²) >= 11 is 5.79. The Morgan fingerprint density at radius 1 is 1.38 bits per heavy atom. The molecule has 0 spiro atoms. The van der Waals surface area contributed by atoms with E-state index >= 15 is 0 Å². The zero-order valence-corrected chi connectivity index (χ0v) is 9.70. The lowest BCUT2D eigenvalue weighted by Gasteiger charge is -2.16. The summed E-state index contributed by atoms with van der Waals surface area (Å²) in [6.45, 7) is 2.97. The largest absolute Gasteiger partial charge is 0.496 e. The van der Waals surface area contributed by atoms with Crippen molar-refractivity contribution < 1.29 is 9.53 Å². The maximum absolute atomic E-state index is 11.7. The van der Waals surface area contributed by atoms with Gasteiger partial charge in [0.15, 0.2) is 0 Å². The Balaban J connectivity index is 2.14. The molecule has 16 heavy (non-hydrogen) atoms. The van der Waals surface area contributed by atoms with Crippen LogP contribution in [0, 0.1) is 0 Å². The molecule has 0 bridgehead atoms. The van der Waals surface area contributed by atoms with Crippen LogP contribution in [0.5, 0.6) is 0 Å². The third-order valence-electron chi connectivity index (χ3n) is 2.33. The van der Waals surface area contributed by atoms with Crippen molar-refractivity contribution in [3.63, 3.8) is 0 Å². The molecule has 1 amide bonds. The minimum atomic E-state index is -0.0502. The number of anilines is 1. The van der Waals surface area contributed by atoms with Crippen LogP contribution in [0.15, 0.2) is 36.1 Å². The molecule has 84 valence electrons. The van der Waals surface area contributed by atoms with Crippen LogP contribution in [0.4, 0.5) is 5.69 Å². The lowest BCUT2D eigenvalue weighted by atomic mass is 10.3. The van der Waals surface area contributed by atoms with E-state index in [1.807, 2.05) is 19.1 Å². The topological polar surface area (TPSA) is 29.5 Å². The van der Waals surface area contributed by atoms with Crippen LogP contribution < -0.4 is 4.90 Å². The predicted octanol–water partition coefficient (Wildman–Crippen LogP) is 2.61. The Hall–Kier alpha value is -1.48. The fraction of sp³-hybridized carbons (Fsp3) is 0.250. The second-order valence-electron chi connectivity index (χ2n) is 3.44. The van der Waals surface area contributed by atoms with Crippen molar-refractivity contribution in [2.24, 2.45) is 0 Å². The average Bonchev–Trinajstić information content (AvgIpc) is 2.61. The Kier molecular flexibility index (Phi) is 3.15. The first-order valence-corrected chi connectivity index (χ1v) is 5.49. The van der Waals surface area contributed by atoms with E-state index in [9.17, 15) is 4.79 Å². The van der Waals surface area contributed by atoms with Gasteiger partial charge >= 0.3 is 0 Å². The zero-order valence-electron chi connectivity index (χ0n) is 8.94. The molecule has 0 saturated carbocycles. The van der Waals surface area contributed by atoms with Crippen molar-refractivity contribution in [1.29, 1.82) is 0 Å². The molecule has 0 aromatic heterocycles. The number of benzene rings is 1. The average molecular weight is 238 g/mol. The molecule has 0 saturated heterocycles. The third kappa shape index (κ3) is 2.19. The van der Waals surface area contributed by atoms with Crippen LogP contribution >= 0.6 is 11.6 Å². The number of carbonyl (C=O) groups is 1. The van der Waals surface area contributed by atoms with E-state index in [1.165, 1.54) is 6.08 Å². The van der Waals surface area contributed by atoms with Crippen molar-refractivity contribution >= 4 is 23.2 Å². The molecule has 0 aliphatic carbocycles. The Bertz CT molecular complexity index is 425. The first-order chi connectivity index (χ1) is 7.70. The molecule has 0 unspecified atom stereocenters. The molecule has 1 aliphatic rings. The van der Waals surface area contributed by atoms with Gasteiger partial charge in [0.1, 0.15) is 5.76 Å². The van der Waals surface area contributed by atoms with Gasteiger partial charge in [0, 0.05) is 16.8 Å². The van der Waals surface area contributed by atoms with Crippen LogP contribution in [-0.2, 0) is 9.53 Å². The normalized spacial score (nSPS) is 15.2. The minimum Gasteiger partial charge on any atom is -0.496 e. The fourth-order valence-corrected chi connectivity index (χ4v) is 1.73. The molecule has 4 heteroatoms. The number of ether oxygens (including phenoxy) is 1. The zero-order chi connectivity index (χ0) is 11.5. The molecule has 0 atom stereocenters. The third-order valence-corrected chi connectivity index (χ3v) is 2.58. The minimum absolute atomic E-state index is 0.0502. The number of hydrogen-bond acceptors (Lipinski definition) is 2. The maximum atomic E-state index is 11.7. The SMILES string of the molecule is CCOC1=CC(=O)N(c2ccc(Cl)cc2)C1. The summed E-state index contributed by atoms with van der Waals surface area (Å²) in [4.78, 5) is 13.3. The van der Waals surface area contributed by atoms with E-state index in [1.54, 1.807) is 17.0 Å². The van der Waals surface area contributed by atoms with Gasteiger partial charge in [-0.1, -0.05) is 11.6 Å². The van der Waals surface area contributed by atoms with Crippen LogP contribution in [0.25, 0.3) is 0 Å². The highest BCUT2D eigenvalue weighted by Crippen LogP contribution is 2.23. The summed E-state index contributed by atoms with van der Waals surface area (Å²) in [6, 6.07) is 7.18. The van der Waals surface area contributed by atoms with Crippen molar-refractivity contribution in [2.45, 2.75) is 6.92 Å². The van der Waals surface area contributed by atoms with Crippen LogP contribution in [0.1, 0.15) is 6.92 Å². The first kappa shape index (κ1) is 11.0. The molecule has 1 aromatic rings. The fourth-order valence-electron chi connectivity index (χ4n) is 1.61. The van der Waals surface area contributed by atoms with Crippen molar-refractivity contribution in [1.82, 2.24) is 0 Å². The Labute approximate surface area is 99.3 Å². The number of hydrogen-bond donors (Lipinski definition) is 0. The summed E-state index contributed by atoms with van der Waals surface area (Å²) in [7, 11) is 0. The van der Waals surface area contributed by atoms with E-state index in [-0.39, 0.29) is 5.91 Å². The molecule has 1 aliphatic heterocycles. The van der Waals surface area contributed by atoms with Crippen molar-refractivity contribution in [2.75, 3.05) is 18.1 Å². The van der Waals surface area contributed by atoms with Crippen LogP contribution in [-0.4, -0.2) is 19.1 Å². The molecular weight excluding hydrogens is 226 g/mol. The predicted molar refractivity (Wildman–Crippen MR) is 63.5 cm³/mol. The maximum Gasteiger partial charge on any atom is 0.254 e. The lowest BCUT2D eigenvalue weighted by Crippen LogP contribution is -2.25. The number of amides is 1. The molecular formula is C12H12ClNO2. The monoisotopic (exact) mass is 237 g/mol. The van der Waals surface area contributed by atoms with E-state index in [4.69, 9.17) is 16.3 Å². The molecule has 1 aromatic carbocycles. The van der Waals surface area contributed by atoms with Crippen molar-refractivity contribution in [3.05, 3.63) is 41.1 Å². The van der Waals surface area contributed by atoms with Gasteiger partial charge in [-0.25, -0.2) is 0 Å². The second kappa shape index (κ2) is 4.58. The Morgan fingerprint density at radius 3 is 2.69 bits per heavy atom. The summed E-state index contributed by atoms with van der Waals surface area (Å²) < 4.78 is 5.32. The smallest absolute Gasteiger partial charge is 0.254 e. The molecule has 1 heterocycles. The first-order valence-electron chi connectivity index (χ1n) is 5.11. The van der Waals surface area contributed by atoms with E-state index in [2.05, 4.69) is 0 Å². The van der Waals surface area contributed by atoms with E-state index in [0.29, 0.717) is 23.9 Å². The van der Waals surface area contributed by atoms with Gasteiger partial charge in [0.05, 0.1) is 13.2 Å². The van der Waals surface area contributed by atoms with Crippen LogP contribution in [0.3, 0.4) is 0 Å². The lowest BCUT2D eigenvalue weighted by molar-refractivity contribution is -0.113. The van der Waals surface area contributed by atoms with E-state index in [0.717, 1.165) is 5.69 Å². The number of nitrogens with zero attached hydrogens (tertiary/aromatic N) is 1. The highest BCUT2D eigenvalue weighted by Gasteiger charge is 2.23. The summed E-state index contributed by atoms with van der Waals surface area (Å²) in [5, 5.41) is 0.661.